The predicted molar refractivity (Wildman–Crippen MR) is 65.7 cm³/mol. The number of nitrogens with zero attached hydrogens (tertiary/aromatic N) is 3. The van der Waals surface area contributed by atoms with Crippen LogP contribution in [0.15, 0.2) is 5.10 Å². The maximum Gasteiger partial charge on any atom is 0.124 e. The number of unbranched alkanes of at least 4 members (excludes halogenated alkanes) is 1. The predicted octanol–water partition coefficient (Wildman–Crippen LogP) is 2.74. The van der Waals surface area contributed by atoms with Gasteiger partial charge in [-0.05, 0) is 13.3 Å². The second kappa shape index (κ2) is 4.86. The van der Waals surface area contributed by atoms with Crippen LogP contribution in [0.1, 0.15) is 47.5 Å². The Bertz CT molecular complexity index is 217. The van der Waals surface area contributed by atoms with Crippen molar-refractivity contribution in [3.05, 3.63) is 0 Å². The van der Waals surface area contributed by atoms with Gasteiger partial charge in [0.05, 0.1) is 0 Å². The molecule has 0 aromatic rings. The summed E-state index contributed by atoms with van der Waals surface area (Å²) in [5, 5.41) is 6.66. The Hall–Kier alpha value is -0.730. The van der Waals surface area contributed by atoms with Crippen LogP contribution in [-0.2, 0) is 0 Å². The Labute approximate surface area is 94.1 Å². The summed E-state index contributed by atoms with van der Waals surface area (Å²) in [6.07, 6.45) is 4.92. The molecule has 1 atom stereocenters. The molecule has 0 fully saturated rings. The molecule has 0 N–H and O–H groups in total. The molecule has 0 aliphatic carbocycles. The fraction of sp³-hybridized carbons (Fsp3) is 0.917. The van der Waals surface area contributed by atoms with Crippen molar-refractivity contribution in [2.24, 2.45) is 10.5 Å². The molecule has 1 rings (SSSR count). The molecule has 1 aliphatic rings. The van der Waals surface area contributed by atoms with Crippen LogP contribution in [0, 0.1) is 5.41 Å². The normalized spacial score (nSPS) is 21.5. The first-order chi connectivity index (χ1) is 7.00. The Balaban J connectivity index is 2.67. The highest BCUT2D eigenvalue weighted by Crippen LogP contribution is 2.29. The van der Waals surface area contributed by atoms with E-state index in [0.717, 1.165) is 13.1 Å². The molecule has 15 heavy (non-hydrogen) atoms. The van der Waals surface area contributed by atoms with E-state index in [0.29, 0.717) is 6.17 Å². The van der Waals surface area contributed by atoms with E-state index in [1.54, 1.807) is 0 Å². The van der Waals surface area contributed by atoms with Crippen molar-refractivity contribution in [3.63, 3.8) is 0 Å². The highest BCUT2D eigenvalue weighted by atomic mass is 15.6. The first-order valence-electron chi connectivity index (χ1n) is 6.07. The van der Waals surface area contributed by atoms with Gasteiger partial charge in [-0.25, -0.2) is 0 Å². The lowest BCUT2D eigenvalue weighted by atomic mass is 9.91. The zero-order chi connectivity index (χ0) is 11.5. The molecule has 0 aromatic carbocycles. The highest BCUT2D eigenvalue weighted by Gasteiger charge is 2.36. The van der Waals surface area contributed by atoms with E-state index in [1.165, 1.54) is 12.8 Å². The first-order valence-corrected chi connectivity index (χ1v) is 6.07. The van der Waals surface area contributed by atoms with E-state index in [4.69, 9.17) is 0 Å². The summed E-state index contributed by atoms with van der Waals surface area (Å²) >= 11 is 0. The smallest absolute Gasteiger partial charge is 0.124 e. The minimum absolute atomic E-state index is 0.250. The lowest BCUT2D eigenvalue weighted by Crippen LogP contribution is -2.48. The van der Waals surface area contributed by atoms with Crippen LogP contribution in [0.5, 0.6) is 0 Å². The van der Waals surface area contributed by atoms with Gasteiger partial charge in [0.1, 0.15) is 12.5 Å². The molecule has 0 saturated heterocycles. The van der Waals surface area contributed by atoms with Crippen molar-refractivity contribution < 1.29 is 0 Å². The van der Waals surface area contributed by atoms with Gasteiger partial charge < -0.3 is 4.90 Å². The molecule has 3 heteroatoms. The summed E-state index contributed by atoms with van der Waals surface area (Å²) in [5.74, 6) is 0. The highest BCUT2D eigenvalue weighted by molar-refractivity contribution is 5.57. The van der Waals surface area contributed by atoms with Crippen molar-refractivity contribution in [2.45, 2.75) is 53.6 Å². The zero-order valence-corrected chi connectivity index (χ0v) is 10.8. The SMILES string of the molecule is CCCCN1C=NN(CC)C1C(C)(C)C. The molecule has 0 amide bonds. The Morgan fingerprint density at radius 1 is 1.27 bits per heavy atom. The first kappa shape index (κ1) is 12.3. The Morgan fingerprint density at radius 2 is 1.93 bits per heavy atom. The summed E-state index contributed by atoms with van der Waals surface area (Å²) in [6, 6.07) is 0. The molecule has 0 bridgehead atoms. The van der Waals surface area contributed by atoms with Gasteiger partial charge in [-0.1, -0.05) is 34.1 Å². The summed E-state index contributed by atoms with van der Waals surface area (Å²) in [7, 11) is 0. The van der Waals surface area contributed by atoms with Gasteiger partial charge in [0, 0.05) is 18.5 Å². The molecule has 1 unspecified atom stereocenters. The second-order valence-electron chi connectivity index (χ2n) is 5.32. The van der Waals surface area contributed by atoms with Crippen molar-refractivity contribution in [1.82, 2.24) is 9.91 Å². The van der Waals surface area contributed by atoms with Crippen LogP contribution in [0.2, 0.25) is 0 Å². The summed E-state index contributed by atoms with van der Waals surface area (Å²) in [4.78, 5) is 2.38. The second-order valence-corrected chi connectivity index (χ2v) is 5.32. The fourth-order valence-electron chi connectivity index (χ4n) is 2.15. The van der Waals surface area contributed by atoms with E-state index in [2.05, 4.69) is 49.6 Å². The van der Waals surface area contributed by atoms with E-state index < -0.39 is 0 Å². The van der Waals surface area contributed by atoms with E-state index in [-0.39, 0.29) is 5.41 Å². The molecule has 0 spiro atoms. The van der Waals surface area contributed by atoms with Crippen LogP contribution < -0.4 is 0 Å². The Kier molecular flexibility index (Phi) is 4.00. The minimum atomic E-state index is 0.250. The van der Waals surface area contributed by atoms with Gasteiger partial charge >= 0.3 is 0 Å². The number of hydrogen-bond acceptors (Lipinski definition) is 3. The maximum absolute atomic E-state index is 4.47. The maximum atomic E-state index is 4.47. The quantitative estimate of drug-likeness (QED) is 0.712. The van der Waals surface area contributed by atoms with Gasteiger partial charge in [-0.3, -0.25) is 5.01 Å². The standard InChI is InChI=1S/C12H25N3/c1-6-8-9-14-10-13-15(7-2)11(14)12(3,4)5/h10-11H,6-9H2,1-5H3. The molecule has 0 aromatic heterocycles. The third-order valence-corrected chi connectivity index (χ3v) is 2.81. The van der Waals surface area contributed by atoms with Crippen LogP contribution in [0.3, 0.4) is 0 Å². The van der Waals surface area contributed by atoms with Gasteiger partial charge in [-0.2, -0.15) is 5.10 Å². The van der Waals surface area contributed by atoms with Gasteiger partial charge in [0.25, 0.3) is 0 Å². The fourth-order valence-corrected chi connectivity index (χ4v) is 2.15. The van der Waals surface area contributed by atoms with Crippen molar-refractivity contribution in [3.8, 4) is 0 Å². The molecule has 0 radical (unpaired) electrons. The molecule has 3 nitrogen and oxygen atoms in total. The lowest BCUT2D eigenvalue weighted by Gasteiger charge is -2.39. The average molecular weight is 211 g/mol. The van der Waals surface area contributed by atoms with Crippen molar-refractivity contribution in [2.75, 3.05) is 13.1 Å². The van der Waals surface area contributed by atoms with Crippen LogP contribution >= 0.6 is 0 Å². The molecule has 1 aliphatic heterocycles. The van der Waals surface area contributed by atoms with E-state index in [1.807, 2.05) is 6.34 Å². The molecular weight excluding hydrogens is 186 g/mol. The van der Waals surface area contributed by atoms with Gasteiger partial charge in [0.15, 0.2) is 0 Å². The lowest BCUT2D eigenvalue weighted by molar-refractivity contribution is 0.0398. The van der Waals surface area contributed by atoms with Gasteiger partial charge in [-0.15, -0.1) is 0 Å². The average Bonchev–Trinajstić information content (AvgIpc) is 2.56. The van der Waals surface area contributed by atoms with Crippen molar-refractivity contribution >= 4 is 6.34 Å². The number of hydrazone groups is 1. The van der Waals surface area contributed by atoms with Crippen LogP contribution in [0.25, 0.3) is 0 Å². The number of hydrogen-bond donors (Lipinski definition) is 0. The van der Waals surface area contributed by atoms with Crippen LogP contribution in [0.4, 0.5) is 0 Å². The summed E-state index contributed by atoms with van der Waals surface area (Å²) in [5.41, 5.74) is 0.250. The topological polar surface area (TPSA) is 18.8 Å². The largest absolute Gasteiger partial charge is 0.339 e. The summed E-state index contributed by atoms with van der Waals surface area (Å²) < 4.78 is 0. The minimum Gasteiger partial charge on any atom is -0.339 e. The zero-order valence-electron chi connectivity index (χ0n) is 10.8. The molecule has 0 saturated carbocycles. The van der Waals surface area contributed by atoms with E-state index in [9.17, 15) is 0 Å². The van der Waals surface area contributed by atoms with Gasteiger partial charge in [0.2, 0.25) is 0 Å². The Morgan fingerprint density at radius 3 is 2.40 bits per heavy atom. The monoisotopic (exact) mass is 211 g/mol. The molecule has 88 valence electrons. The summed E-state index contributed by atoms with van der Waals surface area (Å²) in [6.45, 7) is 13.4. The number of rotatable bonds is 4. The third kappa shape index (κ3) is 2.86. The third-order valence-electron chi connectivity index (χ3n) is 2.81. The van der Waals surface area contributed by atoms with Crippen LogP contribution in [-0.4, -0.2) is 35.5 Å². The molecular formula is C12H25N3. The molecule has 1 heterocycles. The van der Waals surface area contributed by atoms with E-state index >= 15 is 0 Å². The van der Waals surface area contributed by atoms with Crippen molar-refractivity contribution in [1.29, 1.82) is 0 Å².